The van der Waals surface area contributed by atoms with Crippen LogP contribution in [0.3, 0.4) is 0 Å². The number of nitriles is 1. The maximum atomic E-state index is 11.4. The van der Waals surface area contributed by atoms with Crippen LogP contribution in [0.4, 0.5) is 11.4 Å². The smallest absolute Gasteiger partial charge is 0.293 e. The van der Waals surface area contributed by atoms with Gasteiger partial charge in [0.15, 0.2) is 0 Å². The third-order valence-corrected chi connectivity index (χ3v) is 5.05. The van der Waals surface area contributed by atoms with Crippen molar-refractivity contribution in [2.45, 2.75) is 13.0 Å². The number of anilines is 1. The van der Waals surface area contributed by atoms with Crippen LogP contribution < -0.4 is 4.90 Å². The predicted molar refractivity (Wildman–Crippen MR) is 104 cm³/mol. The fourth-order valence-corrected chi connectivity index (χ4v) is 3.57. The van der Waals surface area contributed by atoms with Gasteiger partial charge >= 0.3 is 0 Å². The molecular formula is C19H19BrN4O2. The van der Waals surface area contributed by atoms with Gasteiger partial charge in [-0.2, -0.15) is 5.26 Å². The molecule has 7 heteroatoms. The Kier molecular flexibility index (Phi) is 5.86. The van der Waals surface area contributed by atoms with Crippen molar-refractivity contribution >= 4 is 27.3 Å². The van der Waals surface area contributed by atoms with Crippen molar-refractivity contribution < 1.29 is 4.92 Å². The van der Waals surface area contributed by atoms with Gasteiger partial charge in [0.1, 0.15) is 5.69 Å². The topological polar surface area (TPSA) is 73.4 Å². The summed E-state index contributed by atoms with van der Waals surface area (Å²) in [5.41, 5.74) is 2.66. The van der Waals surface area contributed by atoms with Crippen molar-refractivity contribution in [2.75, 3.05) is 31.1 Å². The van der Waals surface area contributed by atoms with Crippen LogP contribution in [0.15, 0.2) is 46.9 Å². The van der Waals surface area contributed by atoms with Gasteiger partial charge in [-0.25, -0.2) is 0 Å². The van der Waals surface area contributed by atoms with E-state index in [1.807, 2.05) is 36.4 Å². The van der Waals surface area contributed by atoms with Crippen LogP contribution >= 0.6 is 15.9 Å². The molecule has 0 aromatic heterocycles. The zero-order valence-electron chi connectivity index (χ0n) is 14.3. The molecule has 134 valence electrons. The van der Waals surface area contributed by atoms with Gasteiger partial charge in [-0.15, -0.1) is 0 Å². The van der Waals surface area contributed by atoms with Crippen molar-refractivity contribution in [3.8, 4) is 6.07 Å². The lowest BCUT2D eigenvalue weighted by atomic mass is 10.1. The van der Waals surface area contributed by atoms with Gasteiger partial charge in [0.05, 0.1) is 16.6 Å². The Balaban J connectivity index is 1.68. The minimum Gasteiger partial charge on any atom is -0.365 e. The van der Waals surface area contributed by atoms with Crippen LogP contribution in [0.5, 0.6) is 0 Å². The number of benzene rings is 2. The summed E-state index contributed by atoms with van der Waals surface area (Å²) < 4.78 is 0.713. The highest BCUT2D eigenvalue weighted by molar-refractivity contribution is 9.10. The maximum absolute atomic E-state index is 11.4. The number of nitro benzene ring substituents is 1. The minimum absolute atomic E-state index is 0.139. The van der Waals surface area contributed by atoms with Gasteiger partial charge in [-0.05, 0) is 36.2 Å². The molecule has 0 unspecified atom stereocenters. The number of nitro groups is 1. The summed E-state index contributed by atoms with van der Waals surface area (Å²) in [6.07, 6.45) is 0.948. The van der Waals surface area contributed by atoms with Gasteiger partial charge in [-0.1, -0.05) is 28.1 Å². The van der Waals surface area contributed by atoms with E-state index >= 15 is 0 Å². The lowest BCUT2D eigenvalue weighted by molar-refractivity contribution is -0.384. The second-order valence-corrected chi connectivity index (χ2v) is 7.23. The van der Waals surface area contributed by atoms with E-state index in [1.54, 1.807) is 6.07 Å². The van der Waals surface area contributed by atoms with Crippen LogP contribution in [0, 0.1) is 21.4 Å². The molecule has 0 amide bonds. The molecule has 0 atom stereocenters. The number of hydrogen-bond donors (Lipinski definition) is 0. The van der Waals surface area contributed by atoms with E-state index in [0.29, 0.717) is 15.7 Å². The van der Waals surface area contributed by atoms with Crippen LogP contribution in [0.1, 0.15) is 17.5 Å². The van der Waals surface area contributed by atoms with E-state index in [4.69, 9.17) is 5.26 Å². The molecule has 0 saturated carbocycles. The van der Waals surface area contributed by atoms with Crippen molar-refractivity contribution in [3.63, 3.8) is 0 Å². The van der Waals surface area contributed by atoms with Crippen molar-refractivity contribution in [1.29, 1.82) is 5.26 Å². The third kappa shape index (κ3) is 4.40. The molecule has 0 bridgehead atoms. The fourth-order valence-electron chi connectivity index (χ4n) is 3.22. The lowest BCUT2D eigenvalue weighted by Crippen LogP contribution is -2.30. The van der Waals surface area contributed by atoms with Crippen LogP contribution in [-0.2, 0) is 6.54 Å². The Labute approximate surface area is 160 Å². The molecule has 26 heavy (non-hydrogen) atoms. The second-order valence-electron chi connectivity index (χ2n) is 6.32. The highest BCUT2D eigenvalue weighted by Crippen LogP contribution is 2.31. The molecule has 0 spiro atoms. The van der Waals surface area contributed by atoms with E-state index in [9.17, 15) is 10.1 Å². The summed E-state index contributed by atoms with van der Waals surface area (Å²) in [6.45, 7) is 4.15. The molecule has 0 N–H and O–H groups in total. The van der Waals surface area contributed by atoms with Gasteiger partial charge in [-0.3, -0.25) is 15.0 Å². The van der Waals surface area contributed by atoms with Gasteiger partial charge in [0.25, 0.3) is 5.69 Å². The predicted octanol–water partition coefficient (Wildman–Crippen LogP) is 3.94. The van der Waals surface area contributed by atoms with Crippen molar-refractivity contribution in [1.82, 2.24) is 4.90 Å². The monoisotopic (exact) mass is 414 g/mol. The molecule has 2 aromatic carbocycles. The molecule has 1 aliphatic rings. The van der Waals surface area contributed by atoms with Crippen LogP contribution in [-0.4, -0.2) is 36.0 Å². The third-order valence-electron chi connectivity index (χ3n) is 4.55. The standard InChI is InChI=1S/C19H19BrN4O2/c20-17-6-7-18(19(12-17)24(25)26)23-9-1-8-22(10-11-23)14-16-4-2-15(13-21)3-5-16/h2-7,12H,1,8-11,14H2. The zero-order valence-corrected chi connectivity index (χ0v) is 15.9. The highest BCUT2D eigenvalue weighted by Gasteiger charge is 2.22. The van der Waals surface area contributed by atoms with E-state index in [2.05, 4.69) is 31.8 Å². The van der Waals surface area contributed by atoms with E-state index in [-0.39, 0.29) is 10.6 Å². The van der Waals surface area contributed by atoms with E-state index in [1.165, 1.54) is 5.56 Å². The number of rotatable bonds is 4. The highest BCUT2D eigenvalue weighted by atomic mass is 79.9. The molecule has 3 rings (SSSR count). The SMILES string of the molecule is N#Cc1ccc(CN2CCCN(c3ccc(Br)cc3[N+](=O)[O-])CC2)cc1. The number of halogens is 1. The molecule has 0 radical (unpaired) electrons. The Hall–Kier alpha value is -2.43. The summed E-state index contributed by atoms with van der Waals surface area (Å²) in [6, 6.07) is 15.0. The molecule has 6 nitrogen and oxygen atoms in total. The van der Waals surface area contributed by atoms with Gasteiger partial charge < -0.3 is 4.90 Å². The van der Waals surface area contributed by atoms with Crippen LogP contribution in [0.2, 0.25) is 0 Å². The minimum atomic E-state index is -0.320. The lowest BCUT2D eigenvalue weighted by Gasteiger charge is -2.23. The van der Waals surface area contributed by atoms with E-state index in [0.717, 1.165) is 39.1 Å². The Bertz CT molecular complexity index is 832. The Morgan fingerprint density at radius 3 is 2.58 bits per heavy atom. The molecule has 1 saturated heterocycles. The molecule has 1 fully saturated rings. The molecule has 0 aliphatic carbocycles. The Morgan fingerprint density at radius 1 is 1.12 bits per heavy atom. The first-order valence-corrected chi connectivity index (χ1v) is 9.26. The molecular weight excluding hydrogens is 396 g/mol. The first-order chi connectivity index (χ1) is 12.6. The average Bonchev–Trinajstić information content (AvgIpc) is 2.88. The maximum Gasteiger partial charge on any atom is 0.293 e. The summed E-state index contributed by atoms with van der Waals surface area (Å²) >= 11 is 3.31. The number of nitrogens with zero attached hydrogens (tertiary/aromatic N) is 4. The number of hydrogen-bond acceptors (Lipinski definition) is 5. The van der Waals surface area contributed by atoms with Gasteiger partial charge in [0.2, 0.25) is 0 Å². The molecule has 1 heterocycles. The molecule has 2 aromatic rings. The van der Waals surface area contributed by atoms with Crippen molar-refractivity contribution in [2.24, 2.45) is 0 Å². The fraction of sp³-hybridized carbons (Fsp3) is 0.316. The summed E-state index contributed by atoms with van der Waals surface area (Å²) in [7, 11) is 0. The first kappa shape index (κ1) is 18.4. The summed E-state index contributed by atoms with van der Waals surface area (Å²) in [5, 5.41) is 20.3. The summed E-state index contributed by atoms with van der Waals surface area (Å²) in [4.78, 5) is 15.5. The normalized spacial score (nSPS) is 15.3. The van der Waals surface area contributed by atoms with Crippen LogP contribution in [0.25, 0.3) is 0 Å². The second kappa shape index (κ2) is 8.30. The Morgan fingerprint density at radius 2 is 1.88 bits per heavy atom. The molecule has 1 aliphatic heterocycles. The summed E-state index contributed by atoms with van der Waals surface area (Å²) in [5.74, 6) is 0. The van der Waals surface area contributed by atoms with E-state index < -0.39 is 0 Å². The largest absolute Gasteiger partial charge is 0.365 e. The van der Waals surface area contributed by atoms with Gasteiger partial charge in [0, 0.05) is 43.3 Å². The average molecular weight is 415 g/mol. The quantitative estimate of drug-likeness (QED) is 0.559. The zero-order chi connectivity index (χ0) is 18.5. The first-order valence-electron chi connectivity index (χ1n) is 8.47. The van der Waals surface area contributed by atoms with Crippen molar-refractivity contribution in [3.05, 3.63) is 68.2 Å².